The van der Waals surface area contributed by atoms with E-state index < -0.39 is 0 Å². The van der Waals surface area contributed by atoms with E-state index in [1.165, 1.54) is 11.3 Å². The van der Waals surface area contributed by atoms with Crippen molar-refractivity contribution in [1.82, 2.24) is 15.0 Å². The van der Waals surface area contributed by atoms with Crippen LogP contribution in [0.2, 0.25) is 5.15 Å². The first-order valence-corrected chi connectivity index (χ1v) is 7.48. The summed E-state index contributed by atoms with van der Waals surface area (Å²) >= 11 is 7.42. The van der Waals surface area contributed by atoms with Crippen LogP contribution in [0.1, 0.15) is 16.3 Å². The minimum atomic E-state index is -0.141. The van der Waals surface area contributed by atoms with Crippen molar-refractivity contribution in [2.45, 2.75) is 20.5 Å². The number of ether oxygens (including phenoxy) is 1. The highest BCUT2D eigenvalue weighted by Gasteiger charge is 2.12. The molecule has 0 amide bonds. The Morgan fingerprint density at radius 2 is 2.24 bits per heavy atom. The third-order valence-electron chi connectivity index (χ3n) is 3.18. The molecule has 3 aromatic rings. The van der Waals surface area contributed by atoms with Gasteiger partial charge in [0, 0.05) is 11.1 Å². The summed E-state index contributed by atoms with van der Waals surface area (Å²) in [7, 11) is 0. The fourth-order valence-corrected chi connectivity index (χ4v) is 3.22. The molecule has 0 aliphatic carbocycles. The molecular weight excluding hydrogens is 310 g/mol. The Morgan fingerprint density at radius 3 is 3.00 bits per heavy atom. The van der Waals surface area contributed by atoms with Gasteiger partial charge in [-0.15, -0.1) is 11.3 Å². The van der Waals surface area contributed by atoms with Crippen molar-refractivity contribution in [1.29, 1.82) is 0 Å². The molecule has 0 atom stereocenters. The van der Waals surface area contributed by atoms with Crippen molar-refractivity contribution in [3.8, 4) is 5.75 Å². The Bertz CT molecular complexity index is 872. The zero-order valence-electron chi connectivity index (χ0n) is 11.4. The second-order valence-electron chi connectivity index (χ2n) is 4.56. The number of halogens is 1. The molecule has 0 saturated carbocycles. The largest absolute Gasteiger partial charge is 0.482 e. The molecule has 0 spiro atoms. The van der Waals surface area contributed by atoms with E-state index in [1.807, 2.05) is 13.8 Å². The Morgan fingerprint density at radius 1 is 1.43 bits per heavy atom. The number of rotatable bonds is 3. The molecule has 3 aromatic heterocycles. The van der Waals surface area contributed by atoms with Gasteiger partial charge in [0.15, 0.2) is 10.9 Å². The molecular formula is C14H12ClN3O2S. The molecule has 0 fully saturated rings. The van der Waals surface area contributed by atoms with Crippen molar-refractivity contribution >= 4 is 33.2 Å². The van der Waals surface area contributed by atoms with Gasteiger partial charge in [0.25, 0.3) is 5.56 Å². The molecule has 21 heavy (non-hydrogen) atoms. The van der Waals surface area contributed by atoms with Gasteiger partial charge in [0.2, 0.25) is 0 Å². The number of nitrogens with one attached hydrogen (secondary N) is 1. The fourth-order valence-electron chi connectivity index (χ4n) is 1.99. The van der Waals surface area contributed by atoms with Crippen LogP contribution < -0.4 is 10.3 Å². The average Bonchev–Trinajstić information content (AvgIpc) is 2.73. The molecule has 0 saturated heterocycles. The SMILES string of the molecule is Cc1sc2nc(COc3cccnc3Cl)[nH]c(=O)c2c1C. The summed E-state index contributed by atoms with van der Waals surface area (Å²) in [5.41, 5.74) is 0.837. The second-order valence-corrected chi connectivity index (χ2v) is 6.12. The minimum absolute atomic E-state index is 0.132. The minimum Gasteiger partial charge on any atom is -0.482 e. The molecule has 0 radical (unpaired) electrons. The van der Waals surface area contributed by atoms with Gasteiger partial charge in [-0.2, -0.15) is 0 Å². The number of H-pyrrole nitrogens is 1. The zero-order chi connectivity index (χ0) is 15.0. The van der Waals surface area contributed by atoms with Crippen LogP contribution in [0.5, 0.6) is 5.75 Å². The molecule has 0 aliphatic heterocycles. The molecule has 108 valence electrons. The van der Waals surface area contributed by atoms with Crippen LogP contribution in [-0.2, 0) is 6.61 Å². The summed E-state index contributed by atoms with van der Waals surface area (Å²) in [6, 6.07) is 3.44. The molecule has 3 heterocycles. The highest BCUT2D eigenvalue weighted by molar-refractivity contribution is 7.18. The van der Waals surface area contributed by atoms with Crippen LogP contribution in [0, 0.1) is 13.8 Å². The van der Waals surface area contributed by atoms with Crippen molar-refractivity contribution < 1.29 is 4.74 Å². The number of aryl methyl sites for hydroxylation is 2. The van der Waals surface area contributed by atoms with Gasteiger partial charge in [-0.25, -0.2) is 9.97 Å². The number of hydrogen-bond acceptors (Lipinski definition) is 5. The Balaban J connectivity index is 1.92. The predicted octanol–water partition coefficient (Wildman–Crippen LogP) is 3.23. The summed E-state index contributed by atoms with van der Waals surface area (Å²) in [5, 5.41) is 0.935. The van der Waals surface area contributed by atoms with Crippen molar-refractivity contribution in [2.24, 2.45) is 0 Å². The standard InChI is InChI=1S/C14H12ClN3O2S/c1-7-8(2)21-14-11(7)13(19)17-10(18-14)6-20-9-4-3-5-16-12(9)15/h3-5H,6H2,1-2H3,(H,17,18,19). The lowest BCUT2D eigenvalue weighted by Gasteiger charge is -2.06. The number of thiophene rings is 1. The third-order valence-corrected chi connectivity index (χ3v) is 4.56. The number of pyridine rings is 1. The van der Waals surface area contributed by atoms with E-state index in [1.54, 1.807) is 18.3 Å². The van der Waals surface area contributed by atoms with Gasteiger partial charge >= 0.3 is 0 Å². The van der Waals surface area contributed by atoms with Crippen LogP contribution in [-0.4, -0.2) is 15.0 Å². The van der Waals surface area contributed by atoms with E-state index in [0.29, 0.717) is 17.0 Å². The van der Waals surface area contributed by atoms with E-state index in [9.17, 15) is 4.79 Å². The lowest BCUT2D eigenvalue weighted by atomic mass is 10.2. The molecule has 0 aliphatic rings. The van der Waals surface area contributed by atoms with Crippen molar-refractivity contribution in [3.63, 3.8) is 0 Å². The zero-order valence-corrected chi connectivity index (χ0v) is 13.0. The Hall–Kier alpha value is -1.92. The van der Waals surface area contributed by atoms with E-state index in [0.717, 1.165) is 15.3 Å². The topological polar surface area (TPSA) is 67.9 Å². The summed E-state index contributed by atoms with van der Waals surface area (Å²) in [6.45, 7) is 4.04. The van der Waals surface area contributed by atoms with E-state index >= 15 is 0 Å². The van der Waals surface area contributed by atoms with Gasteiger partial charge in [0.1, 0.15) is 17.3 Å². The maximum absolute atomic E-state index is 12.1. The average molecular weight is 322 g/mol. The first kappa shape index (κ1) is 14.0. The summed E-state index contributed by atoms with van der Waals surface area (Å²) in [4.78, 5) is 25.1. The Kier molecular flexibility index (Phi) is 3.65. The summed E-state index contributed by atoms with van der Waals surface area (Å²) in [6.07, 6.45) is 1.58. The number of hydrogen-bond donors (Lipinski definition) is 1. The number of fused-ring (bicyclic) bond motifs is 1. The van der Waals surface area contributed by atoms with Gasteiger partial charge in [-0.3, -0.25) is 4.79 Å². The molecule has 0 unspecified atom stereocenters. The van der Waals surface area contributed by atoms with Crippen molar-refractivity contribution in [3.05, 3.63) is 50.1 Å². The first-order chi connectivity index (χ1) is 10.1. The van der Waals surface area contributed by atoms with Crippen LogP contribution in [0.4, 0.5) is 0 Å². The van der Waals surface area contributed by atoms with Gasteiger partial charge in [-0.05, 0) is 31.5 Å². The highest BCUT2D eigenvalue weighted by Crippen LogP contribution is 2.26. The summed E-state index contributed by atoms with van der Waals surface area (Å²) in [5.74, 6) is 0.925. The molecule has 0 bridgehead atoms. The van der Waals surface area contributed by atoms with Crippen LogP contribution in [0.3, 0.4) is 0 Å². The Labute approximate surface area is 129 Å². The van der Waals surface area contributed by atoms with E-state index in [-0.39, 0.29) is 17.3 Å². The van der Waals surface area contributed by atoms with E-state index in [2.05, 4.69) is 15.0 Å². The van der Waals surface area contributed by atoms with Gasteiger partial charge in [-0.1, -0.05) is 11.6 Å². The first-order valence-electron chi connectivity index (χ1n) is 6.28. The number of nitrogens with zero attached hydrogens (tertiary/aromatic N) is 2. The van der Waals surface area contributed by atoms with Crippen LogP contribution >= 0.6 is 22.9 Å². The molecule has 0 aromatic carbocycles. The maximum Gasteiger partial charge on any atom is 0.260 e. The van der Waals surface area contributed by atoms with Gasteiger partial charge in [0.05, 0.1) is 5.39 Å². The van der Waals surface area contributed by atoms with E-state index in [4.69, 9.17) is 16.3 Å². The lowest BCUT2D eigenvalue weighted by molar-refractivity contribution is 0.295. The molecule has 1 N–H and O–H groups in total. The van der Waals surface area contributed by atoms with Crippen LogP contribution in [0.15, 0.2) is 23.1 Å². The highest BCUT2D eigenvalue weighted by atomic mass is 35.5. The fraction of sp³-hybridized carbons (Fsp3) is 0.214. The molecule has 5 nitrogen and oxygen atoms in total. The number of aromatic amines is 1. The summed E-state index contributed by atoms with van der Waals surface area (Å²) < 4.78 is 5.54. The normalized spacial score (nSPS) is 11.0. The second kappa shape index (κ2) is 5.46. The third kappa shape index (κ3) is 2.64. The smallest absolute Gasteiger partial charge is 0.260 e. The van der Waals surface area contributed by atoms with Crippen molar-refractivity contribution in [2.75, 3.05) is 0 Å². The van der Waals surface area contributed by atoms with Crippen LogP contribution in [0.25, 0.3) is 10.2 Å². The monoisotopic (exact) mass is 321 g/mol. The molecule has 3 rings (SSSR count). The van der Waals surface area contributed by atoms with Gasteiger partial charge < -0.3 is 9.72 Å². The predicted molar refractivity (Wildman–Crippen MR) is 83.3 cm³/mol. The number of aromatic nitrogens is 3. The molecule has 7 heteroatoms. The quantitative estimate of drug-likeness (QED) is 0.752. The lowest BCUT2D eigenvalue weighted by Crippen LogP contribution is -2.13. The maximum atomic E-state index is 12.1.